The molecule has 4 heteroatoms. The minimum absolute atomic E-state index is 0.410. The first-order chi connectivity index (χ1) is 35.6. The van der Waals surface area contributed by atoms with Crippen molar-refractivity contribution in [2.24, 2.45) is 0 Å². The molecule has 4 nitrogen and oxygen atoms in total. The Morgan fingerprint density at radius 1 is 0.384 bits per heavy atom. The molecule has 0 saturated heterocycles. The molecule has 0 radical (unpaired) electrons. The highest BCUT2D eigenvalue weighted by atomic mass is 16.3. The van der Waals surface area contributed by atoms with E-state index in [0.717, 1.165) is 121 Å². The second-order valence-corrected chi connectivity index (χ2v) is 21.4. The van der Waals surface area contributed by atoms with E-state index >= 15 is 0 Å². The van der Waals surface area contributed by atoms with Crippen LogP contribution in [0.15, 0.2) is 194 Å². The molecule has 0 unspecified atom stereocenters. The molecule has 4 heterocycles. The topological polar surface area (TPSA) is 52.6 Å². The van der Waals surface area contributed by atoms with Crippen LogP contribution in [0, 0.1) is 6.92 Å². The molecular formula is C69H46O4. The number of hydrogen-bond acceptors (Lipinski definition) is 4. The van der Waals surface area contributed by atoms with Crippen LogP contribution in [-0.2, 0) is 10.8 Å². The van der Waals surface area contributed by atoms with Gasteiger partial charge < -0.3 is 17.7 Å². The van der Waals surface area contributed by atoms with Gasteiger partial charge >= 0.3 is 0 Å². The van der Waals surface area contributed by atoms with E-state index in [1.54, 1.807) is 0 Å². The minimum atomic E-state index is -0.413. The summed E-state index contributed by atoms with van der Waals surface area (Å²) < 4.78 is 27.5. The van der Waals surface area contributed by atoms with Gasteiger partial charge in [0.25, 0.3) is 0 Å². The molecule has 0 aliphatic heterocycles. The number of allylic oxidation sites excluding steroid dienone is 2. The van der Waals surface area contributed by atoms with E-state index in [9.17, 15) is 0 Å². The molecule has 0 atom stereocenters. The lowest BCUT2D eigenvalue weighted by atomic mass is 9.72. The summed E-state index contributed by atoms with van der Waals surface area (Å²) in [4.78, 5) is 0. The average molecular weight is 939 g/mol. The summed E-state index contributed by atoms with van der Waals surface area (Å²) in [5.74, 6) is 0.876. The number of hydrogen-bond donors (Lipinski definition) is 0. The standard InChI is InChI=1S/C69H46O4/c1-7-8-19-37-36(2)70-56-34-47(38-20-9-11-22-40(38)58(37)56)49-32-51-60(62-43-25-14-17-28-54(43)72-66(49)62)45-30-31-46-61-52(69(5,6)65(46)64(45)68(51,3)4)33-50(67-63(61)44-26-15-18-29-55(44)73-67)48-35-57-59(41-23-12-10-21-39(41)48)42-24-13-16-27-53(42)71-57/h7-35H,1H2,2-6H3/b19-8-. The quantitative estimate of drug-likeness (QED) is 0.165. The Bertz CT molecular complexity index is 4880. The van der Waals surface area contributed by atoms with E-state index in [4.69, 9.17) is 17.7 Å². The van der Waals surface area contributed by atoms with Gasteiger partial charge in [0.05, 0.1) is 0 Å². The molecule has 0 N–H and O–H groups in total. The Hall–Kier alpha value is -8.86. The Balaban J connectivity index is 0.976. The molecule has 73 heavy (non-hydrogen) atoms. The second-order valence-electron chi connectivity index (χ2n) is 21.4. The molecule has 346 valence electrons. The van der Waals surface area contributed by atoms with Crippen molar-refractivity contribution in [1.29, 1.82) is 0 Å². The first-order valence-corrected chi connectivity index (χ1v) is 25.4. The number of para-hydroxylation sites is 3. The van der Waals surface area contributed by atoms with Crippen LogP contribution in [0.2, 0.25) is 0 Å². The van der Waals surface area contributed by atoms with Crippen LogP contribution in [0.3, 0.4) is 0 Å². The van der Waals surface area contributed by atoms with Crippen LogP contribution < -0.4 is 0 Å². The third-order valence-electron chi connectivity index (χ3n) is 16.9. The molecular weight excluding hydrogens is 893 g/mol. The molecule has 0 bridgehead atoms. The van der Waals surface area contributed by atoms with Crippen molar-refractivity contribution in [2.75, 3.05) is 0 Å². The van der Waals surface area contributed by atoms with Crippen LogP contribution in [0.25, 0.3) is 149 Å². The van der Waals surface area contributed by atoms with Crippen LogP contribution in [0.4, 0.5) is 0 Å². The molecule has 0 saturated carbocycles. The van der Waals surface area contributed by atoms with Gasteiger partial charge in [0, 0.05) is 65.2 Å². The normalized spacial score (nSPS) is 14.6. The zero-order valence-corrected chi connectivity index (χ0v) is 41.1. The van der Waals surface area contributed by atoms with Crippen LogP contribution in [0.1, 0.15) is 61.3 Å². The van der Waals surface area contributed by atoms with Gasteiger partial charge in [-0.05, 0) is 127 Å². The van der Waals surface area contributed by atoms with Crippen LogP contribution >= 0.6 is 0 Å². The van der Waals surface area contributed by atoms with Crippen molar-refractivity contribution in [3.8, 4) is 44.5 Å². The van der Waals surface area contributed by atoms with Gasteiger partial charge in [0.15, 0.2) is 0 Å². The molecule has 14 aromatic rings. The lowest BCUT2D eigenvalue weighted by Gasteiger charge is -2.31. The van der Waals surface area contributed by atoms with Crippen molar-refractivity contribution < 1.29 is 17.7 Å². The molecule has 16 rings (SSSR count). The Labute approximate surface area is 420 Å². The van der Waals surface area contributed by atoms with Gasteiger partial charge in [-0.1, -0.05) is 168 Å². The summed E-state index contributed by atoms with van der Waals surface area (Å²) in [6.45, 7) is 15.8. The van der Waals surface area contributed by atoms with Crippen molar-refractivity contribution >= 4 is 104 Å². The lowest BCUT2D eigenvalue weighted by Crippen LogP contribution is -2.24. The van der Waals surface area contributed by atoms with Crippen molar-refractivity contribution in [2.45, 2.75) is 45.4 Å². The third-order valence-corrected chi connectivity index (χ3v) is 16.9. The maximum absolute atomic E-state index is 7.11. The van der Waals surface area contributed by atoms with E-state index < -0.39 is 10.8 Å². The molecule has 0 fully saturated rings. The number of fused-ring (bicyclic) bond motifs is 23. The van der Waals surface area contributed by atoms with Gasteiger partial charge in [0.2, 0.25) is 0 Å². The summed E-state index contributed by atoms with van der Waals surface area (Å²) >= 11 is 0. The molecule has 4 aromatic heterocycles. The number of benzene rings is 10. The van der Waals surface area contributed by atoms with Gasteiger partial charge in [-0.25, -0.2) is 0 Å². The maximum Gasteiger partial charge on any atom is 0.143 e. The monoisotopic (exact) mass is 938 g/mol. The molecule has 0 amide bonds. The molecule has 2 aliphatic rings. The lowest BCUT2D eigenvalue weighted by molar-refractivity contribution is 0.578. The van der Waals surface area contributed by atoms with Crippen molar-refractivity contribution in [3.05, 3.63) is 210 Å². The van der Waals surface area contributed by atoms with E-state index in [-0.39, 0.29) is 0 Å². The van der Waals surface area contributed by atoms with Gasteiger partial charge in [0.1, 0.15) is 44.8 Å². The number of furan rings is 4. The first kappa shape index (κ1) is 40.8. The first-order valence-electron chi connectivity index (χ1n) is 25.4. The Kier molecular flexibility index (Phi) is 7.81. The minimum Gasteiger partial charge on any atom is -0.461 e. The van der Waals surface area contributed by atoms with Crippen molar-refractivity contribution in [3.63, 3.8) is 0 Å². The van der Waals surface area contributed by atoms with Gasteiger partial charge in [-0.3, -0.25) is 0 Å². The highest BCUT2D eigenvalue weighted by Gasteiger charge is 2.48. The largest absolute Gasteiger partial charge is 0.461 e. The molecule has 0 spiro atoms. The molecule has 10 aromatic carbocycles. The van der Waals surface area contributed by atoms with E-state index in [2.05, 4.69) is 192 Å². The average Bonchev–Trinajstić information content (AvgIpc) is 4.26. The number of aryl methyl sites for hydroxylation is 1. The van der Waals surface area contributed by atoms with Gasteiger partial charge in [-0.2, -0.15) is 0 Å². The molecule has 2 aliphatic carbocycles. The SMILES string of the molecule is C=C/C=C\c1c(C)oc2cc(-c3cc4c(c5c3oc3ccccc35)-c3ccc5c(c3C4(C)C)C(C)(C)c3cc(-c4cc6oc7ccccc7c6c6ccccc46)c4oc6ccccc6c4c3-5)c3ccccc3c12. The van der Waals surface area contributed by atoms with Crippen molar-refractivity contribution in [1.82, 2.24) is 0 Å². The van der Waals surface area contributed by atoms with Crippen LogP contribution in [-0.4, -0.2) is 0 Å². The predicted molar refractivity (Wildman–Crippen MR) is 303 cm³/mol. The smallest absolute Gasteiger partial charge is 0.143 e. The maximum atomic E-state index is 7.11. The van der Waals surface area contributed by atoms with E-state index in [1.165, 1.54) is 55.3 Å². The van der Waals surface area contributed by atoms with Crippen LogP contribution in [0.5, 0.6) is 0 Å². The fourth-order valence-corrected chi connectivity index (χ4v) is 13.8. The fourth-order valence-electron chi connectivity index (χ4n) is 13.8. The summed E-state index contributed by atoms with van der Waals surface area (Å²) in [6.07, 6.45) is 5.91. The zero-order valence-electron chi connectivity index (χ0n) is 41.1. The second kappa shape index (κ2) is 14.0. The summed E-state index contributed by atoms with van der Waals surface area (Å²) in [5, 5.41) is 12.5. The summed E-state index contributed by atoms with van der Waals surface area (Å²) in [6, 6.07) is 57.2. The Morgan fingerprint density at radius 2 is 0.795 bits per heavy atom. The summed E-state index contributed by atoms with van der Waals surface area (Å²) in [5.41, 5.74) is 21.0. The fraction of sp³-hybridized carbons (Fsp3) is 0.101. The highest BCUT2D eigenvalue weighted by Crippen LogP contribution is 2.64. The van der Waals surface area contributed by atoms with E-state index in [0.29, 0.717) is 0 Å². The summed E-state index contributed by atoms with van der Waals surface area (Å²) in [7, 11) is 0. The van der Waals surface area contributed by atoms with E-state index in [1.807, 2.05) is 25.1 Å². The van der Waals surface area contributed by atoms with Gasteiger partial charge in [-0.15, -0.1) is 0 Å². The predicted octanol–water partition coefficient (Wildman–Crippen LogP) is 19.9. The Morgan fingerprint density at radius 3 is 1.29 bits per heavy atom. The zero-order chi connectivity index (χ0) is 48.8. The highest BCUT2D eigenvalue weighted by molar-refractivity contribution is 6.27. The third kappa shape index (κ3) is 5.10. The number of rotatable bonds is 4.